The number of fused-ring (bicyclic) bond motifs is 3. The summed E-state index contributed by atoms with van der Waals surface area (Å²) in [6.45, 7) is 9.03. The molecular weight excluding hydrogens is 396 g/mol. The van der Waals surface area contributed by atoms with Crippen LogP contribution in [0.1, 0.15) is 133 Å². The number of hydrogen-bond acceptors (Lipinski definition) is 0. The molecule has 0 nitrogen and oxygen atoms in total. The van der Waals surface area contributed by atoms with Crippen molar-refractivity contribution in [1.82, 2.24) is 0 Å². The lowest BCUT2D eigenvalue weighted by Crippen LogP contribution is -2.25. The van der Waals surface area contributed by atoms with Gasteiger partial charge in [-0.25, -0.2) is 0 Å². The van der Waals surface area contributed by atoms with Crippen LogP contribution in [-0.2, 0) is 5.41 Å². The van der Waals surface area contributed by atoms with Crippen LogP contribution in [0.2, 0.25) is 0 Å². The van der Waals surface area contributed by atoms with Crippen LogP contribution in [0.5, 0.6) is 0 Å². The van der Waals surface area contributed by atoms with E-state index in [-0.39, 0.29) is 5.41 Å². The van der Waals surface area contributed by atoms with Gasteiger partial charge in [-0.1, -0.05) is 145 Å². The molecule has 2 aromatic rings. The Morgan fingerprint density at radius 3 is 1.73 bits per heavy atom. The number of benzene rings is 2. The predicted octanol–water partition coefficient (Wildman–Crippen LogP) is 10.8. The SMILES string of the molecule is C/C=C/c1ccc2c(c1)C(CCCCCCCC)(CCCCCCCC)c1cc(C)ccc1-2. The molecule has 0 unspecified atom stereocenters. The standard InChI is InChI=1S/C33H48/c1-5-8-10-12-14-16-23-33(24-17-15-13-11-9-6-2)31-25-27(4)19-21-29(31)30-22-20-28(18-7-3)26-32(30)33/h7,18-22,25-26H,5-6,8-17,23-24H2,1-4H3/b18-7+. The normalized spacial score (nSPS) is 14.1. The molecular formula is C33H48. The second-order valence-corrected chi connectivity index (χ2v) is 10.5. The van der Waals surface area contributed by atoms with Crippen LogP contribution in [0.3, 0.4) is 0 Å². The summed E-state index contributed by atoms with van der Waals surface area (Å²) in [5, 5.41) is 0. The summed E-state index contributed by atoms with van der Waals surface area (Å²) in [6.07, 6.45) is 23.5. The van der Waals surface area contributed by atoms with Crippen molar-refractivity contribution in [2.45, 2.75) is 123 Å². The van der Waals surface area contributed by atoms with E-state index in [4.69, 9.17) is 0 Å². The average molecular weight is 445 g/mol. The predicted molar refractivity (Wildman–Crippen MR) is 148 cm³/mol. The zero-order valence-electron chi connectivity index (χ0n) is 22.0. The van der Waals surface area contributed by atoms with Crippen molar-refractivity contribution in [3.8, 4) is 11.1 Å². The van der Waals surface area contributed by atoms with E-state index in [9.17, 15) is 0 Å². The molecule has 1 aliphatic rings. The van der Waals surface area contributed by atoms with Gasteiger partial charge in [-0.15, -0.1) is 0 Å². The lowest BCUT2D eigenvalue weighted by molar-refractivity contribution is 0.397. The molecule has 1 aliphatic carbocycles. The van der Waals surface area contributed by atoms with Gasteiger partial charge in [-0.3, -0.25) is 0 Å². The Morgan fingerprint density at radius 1 is 0.636 bits per heavy atom. The third-order valence-corrected chi connectivity index (χ3v) is 7.81. The number of rotatable bonds is 15. The number of aryl methyl sites for hydroxylation is 1. The Kier molecular flexibility index (Phi) is 10.3. The highest BCUT2D eigenvalue weighted by Gasteiger charge is 2.42. The maximum absolute atomic E-state index is 2.53. The molecule has 3 rings (SSSR count). The molecule has 0 aromatic heterocycles. The quantitative estimate of drug-likeness (QED) is 0.240. The summed E-state index contributed by atoms with van der Waals surface area (Å²) < 4.78 is 0. The van der Waals surface area contributed by atoms with Crippen LogP contribution in [0.4, 0.5) is 0 Å². The molecule has 0 atom stereocenters. The molecule has 0 N–H and O–H groups in total. The second-order valence-electron chi connectivity index (χ2n) is 10.5. The fraction of sp³-hybridized carbons (Fsp3) is 0.576. The Morgan fingerprint density at radius 2 is 1.15 bits per heavy atom. The molecule has 0 bridgehead atoms. The van der Waals surface area contributed by atoms with E-state index in [1.165, 1.54) is 112 Å². The zero-order valence-corrected chi connectivity index (χ0v) is 22.0. The summed E-state index contributed by atoms with van der Waals surface area (Å²) in [4.78, 5) is 0. The van der Waals surface area contributed by atoms with Crippen molar-refractivity contribution >= 4 is 6.08 Å². The maximum atomic E-state index is 2.53. The molecule has 0 spiro atoms. The third-order valence-electron chi connectivity index (χ3n) is 7.81. The summed E-state index contributed by atoms with van der Waals surface area (Å²) in [5.74, 6) is 0. The van der Waals surface area contributed by atoms with E-state index in [0.29, 0.717) is 0 Å². The van der Waals surface area contributed by atoms with Crippen molar-refractivity contribution in [1.29, 1.82) is 0 Å². The van der Waals surface area contributed by atoms with Gasteiger partial charge in [0.05, 0.1) is 0 Å². The van der Waals surface area contributed by atoms with Crippen molar-refractivity contribution < 1.29 is 0 Å². The minimum Gasteiger partial charge on any atom is -0.0871 e. The molecule has 2 aromatic carbocycles. The molecule has 0 fully saturated rings. The molecule has 0 saturated heterocycles. The highest BCUT2D eigenvalue weighted by molar-refractivity contribution is 5.82. The van der Waals surface area contributed by atoms with E-state index < -0.39 is 0 Å². The molecule has 0 heterocycles. The van der Waals surface area contributed by atoms with Crippen molar-refractivity contribution in [2.75, 3.05) is 0 Å². The number of hydrogen-bond donors (Lipinski definition) is 0. The minimum atomic E-state index is 0.198. The molecule has 0 amide bonds. The lowest BCUT2D eigenvalue weighted by Gasteiger charge is -2.33. The van der Waals surface area contributed by atoms with Crippen LogP contribution >= 0.6 is 0 Å². The van der Waals surface area contributed by atoms with Gasteiger partial charge in [0.1, 0.15) is 0 Å². The molecule has 0 radical (unpaired) electrons. The fourth-order valence-corrected chi connectivity index (χ4v) is 6.00. The van der Waals surface area contributed by atoms with E-state index in [0.717, 1.165) is 0 Å². The van der Waals surface area contributed by atoms with Gasteiger partial charge < -0.3 is 0 Å². The molecule has 33 heavy (non-hydrogen) atoms. The number of allylic oxidation sites excluding steroid dienone is 1. The van der Waals surface area contributed by atoms with Crippen molar-refractivity contribution in [3.63, 3.8) is 0 Å². The van der Waals surface area contributed by atoms with Gasteiger partial charge in [-0.05, 0) is 54.5 Å². The Hall–Kier alpha value is -1.82. The lowest BCUT2D eigenvalue weighted by atomic mass is 9.70. The Bertz CT molecular complexity index is 869. The van der Waals surface area contributed by atoms with E-state index in [2.05, 4.69) is 76.2 Å². The first-order valence-corrected chi connectivity index (χ1v) is 14.0. The summed E-state index contributed by atoms with van der Waals surface area (Å²) in [7, 11) is 0. The topological polar surface area (TPSA) is 0 Å². The first-order valence-electron chi connectivity index (χ1n) is 14.0. The fourth-order valence-electron chi connectivity index (χ4n) is 6.00. The first kappa shape index (κ1) is 25.8. The zero-order chi connectivity index (χ0) is 23.5. The van der Waals surface area contributed by atoms with Gasteiger partial charge >= 0.3 is 0 Å². The maximum Gasteiger partial charge on any atom is 0.0215 e. The van der Waals surface area contributed by atoms with Gasteiger partial charge in [0.15, 0.2) is 0 Å². The van der Waals surface area contributed by atoms with E-state index in [1.54, 1.807) is 11.1 Å². The molecule has 0 saturated carbocycles. The van der Waals surface area contributed by atoms with Crippen LogP contribution in [0.25, 0.3) is 17.2 Å². The smallest absolute Gasteiger partial charge is 0.0215 e. The highest BCUT2D eigenvalue weighted by atomic mass is 14.4. The summed E-state index contributed by atoms with van der Waals surface area (Å²) >= 11 is 0. The van der Waals surface area contributed by atoms with Gasteiger partial charge in [0.2, 0.25) is 0 Å². The van der Waals surface area contributed by atoms with Gasteiger partial charge in [-0.2, -0.15) is 0 Å². The Labute approximate surface area is 204 Å². The average Bonchev–Trinajstić information content (AvgIpc) is 3.07. The molecule has 0 heteroatoms. The summed E-state index contributed by atoms with van der Waals surface area (Å²) in [6, 6.07) is 14.5. The van der Waals surface area contributed by atoms with Crippen molar-refractivity contribution in [2.24, 2.45) is 0 Å². The largest absolute Gasteiger partial charge is 0.0871 e. The van der Waals surface area contributed by atoms with E-state index in [1.807, 2.05) is 0 Å². The van der Waals surface area contributed by atoms with Crippen LogP contribution in [-0.4, -0.2) is 0 Å². The second kappa shape index (κ2) is 13.2. The first-order chi connectivity index (χ1) is 16.2. The number of unbranched alkanes of at least 4 members (excludes halogenated alkanes) is 10. The highest BCUT2D eigenvalue weighted by Crippen LogP contribution is 2.54. The van der Waals surface area contributed by atoms with Gasteiger partial charge in [0, 0.05) is 5.41 Å². The molecule has 0 aliphatic heterocycles. The monoisotopic (exact) mass is 444 g/mol. The molecule has 180 valence electrons. The van der Waals surface area contributed by atoms with Crippen LogP contribution < -0.4 is 0 Å². The van der Waals surface area contributed by atoms with Crippen LogP contribution in [0.15, 0.2) is 42.5 Å². The van der Waals surface area contributed by atoms with Crippen LogP contribution in [0, 0.1) is 6.92 Å². The minimum absolute atomic E-state index is 0.198. The summed E-state index contributed by atoms with van der Waals surface area (Å²) in [5.41, 5.74) is 9.19. The van der Waals surface area contributed by atoms with Gasteiger partial charge in [0.25, 0.3) is 0 Å². The Balaban J connectivity index is 1.91. The third kappa shape index (κ3) is 6.40. The van der Waals surface area contributed by atoms with Crippen molar-refractivity contribution in [3.05, 3.63) is 64.7 Å². The van der Waals surface area contributed by atoms with E-state index >= 15 is 0 Å².